The number of rotatable bonds is 5. The maximum absolute atomic E-state index is 12.3. The van der Waals surface area contributed by atoms with E-state index in [1.165, 1.54) is 4.88 Å². The third-order valence-corrected chi connectivity index (χ3v) is 3.28. The van der Waals surface area contributed by atoms with Crippen LogP contribution in [0.2, 0.25) is 0 Å². The standard InChI is InChI=1S/C13H21NO2S/c1-13(2,3)12(15)14(7-8-16-4)10-11-6-5-9-17-11/h5-6,9H,7-8,10H2,1-4H3. The number of ether oxygens (including phenoxy) is 1. The van der Waals surface area contributed by atoms with Gasteiger partial charge in [-0.1, -0.05) is 26.8 Å². The molecule has 0 bridgehead atoms. The molecule has 1 rings (SSSR count). The first-order chi connectivity index (χ1) is 7.95. The molecule has 0 fully saturated rings. The van der Waals surface area contributed by atoms with Gasteiger partial charge >= 0.3 is 0 Å². The van der Waals surface area contributed by atoms with Crippen molar-refractivity contribution in [2.24, 2.45) is 5.41 Å². The Morgan fingerprint density at radius 2 is 2.18 bits per heavy atom. The molecule has 0 N–H and O–H groups in total. The van der Waals surface area contributed by atoms with Crippen LogP contribution < -0.4 is 0 Å². The van der Waals surface area contributed by atoms with Crippen LogP contribution in [0.15, 0.2) is 17.5 Å². The zero-order chi connectivity index (χ0) is 12.9. The highest BCUT2D eigenvalue weighted by Gasteiger charge is 2.27. The topological polar surface area (TPSA) is 29.5 Å². The van der Waals surface area contributed by atoms with Crippen molar-refractivity contribution in [2.75, 3.05) is 20.3 Å². The highest BCUT2D eigenvalue weighted by Crippen LogP contribution is 2.20. The van der Waals surface area contributed by atoms with E-state index in [0.717, 1.165) is 0 Å². The second-order valence-electron chi connectivity index (χ2n) is 5.05. The maximum atomic E-state index is 12.3. The van der Waals surface area contributed by atoms with Crippen LogP contribution in [0, 0.1) is 5.41 Å². The van der Waals surface area contributed by atoms with Gasteiger partial charge in [0.1, 0.15) is 0 Å². The molecule has 0 radical (unpaired) electrons. The predicted molar refractivity (Wildman–Crippen MR) is 71.1 cm³/mol. The van der Waals surface area contributed by atoms with E-state index >= 15 is 0 Å². The van der Waals surface area contributed by atoms with E-state index in [0.29, 0.717) is 19.7 Å². The fourth-order valence-corrected chi connectivity index (χ4v) is 2.24. The molecule has 0 aliphatic carbocycles. The summed E-state index contributed by atoms with van der Waals surface area (Å²) in [7, 11) is 1.66. The Bertz CT molecular complexity index is 341. The monoisotopic (exact) mass is 255 g/mol. The lowest BCUT2D eigenvalue weighted by molar-refractivity contribution is -0.140. The first kappa shape index (κ1) is 14.2. The minimum Gasteiger partial charge on any atom is -0.383 e. The summed E-state index contributed by atoms with van der Waals surface area (Å²) in [4.78, 5) is 15.3. The van der Waals surface area contributed by atoms with Gasteiger partial charge in [0.15, 0.2) is 0 Å². The van der Waals surface area contributed by atoms with Gasteiger partial charge in [-0.05, 0) is 11.4 Å². The second-order valence-corrected chi connectivity index (χ2v) is 6.08. The van der Waals surface area contributed by atoms with E-state index in [1.54, 1.807) is 18.4 Å². The SMILES string of the molecule is COCCN(Cc1cccs1)C(=O)C(C)(C)C. The number of nitrogens with zero attached hydrogens (tertiary/aromatic N) is 1. The van der Waals surface area contributed by atoms with Gasteiger partial charge in [0.2, 0.25) is 5.91 Å². The summed E-state index contributed by atoms with van der Waals surface area (Å²) < 4.78 is 5.06. The van der Waals surface area contributed by atoms with Crippen LogP contribution >= 0.6 is 11.3 Å². The van der Waals surface area contributed by atoms with Crippen LogP contribution in [0.5, 0.6) is 0 Å². The van der Waals surface area contributed by atoms with Crippen LogP contribution in [0.4, 0.5) is 0 Å². The van der Waals surface area contributed by atoms with E-state index < -0.39 is 0 Å². The first-order valence-corrected chi connectivity index (χ1v) is 6.64. The highest BCUT2D eigenvalue weighted by atomic mass is 32.1. The lowest BCUT2D eigenvalue weighted by Gasteiger charge is -2.29. The number of thiophene rings is 1. The molecule has 96 valence electrons. The molecule has 4 heteroatoms. The van der Waals surface area contributed by atoms with Crippen LogP contribution in [0.3, 0.4) is 0 Å². The summed E-state index contributed by atoms with van der Waals surface area (Å²) in [6, 6.07) is 4.07. The van der Waals surface area contributed by atoms with E-state index in [-0.39, 0.29) is 11.3 Å². The molecule has 0 unspecified atom stereocenters. The van der Waals surface area contributed by atoms with E-state index in [4.69, 9.17) is 4.74 Å². The number of hydrogen-bond donors (Lipinski definition) is 0. The largest absolute Gasteiger partial charge is 0.383 e. The zero-order valence-electron chi connectivity index (χ0n) is 11.0. The summed E-state index contributed by atoms with van der Waals surface area (Å²) in [5, 5.41) is 2.03. The van der Waals surface area contributed by atoms with Gasteiger partial charge in [0.05, 0.1) is 13.2 Å². The molecule has 3 nitrogen and oxygen atoms in total. The van der Waals surface area contributed by atoms with Gasteiger partial charge in [0, 0.05) is 23.9 Å². The Balaban J connectivity index is 2.70. The Kier molecular flexibility index (Phi) is 5.15. The van der Waals surface area contributed by atoms with Crippen molar-refractivity contribution < 1.29 is 9.53 Å². The maximum Gasteiger partial charge on any atom is 0.228 e. The van der Waals surface area contributed by atoms with Crippen molar-refractivity contribution in [2.45, 2.75) is 27.3 Å². The highest BCUT2D eigenvalue weighted by molar-refractivity contribution is 7.09. The van der Waals surface area contributed by atoms with Crippen LogP contribution in [-0.4, -0.2) is 31.1 Å². The average molecular weight is 255 g/mol. The number of amides is 1. The van der Waals surface area contributed by atoms with E-state index in [9.17, 15) is 4.79 Å². The number of hydrogen-bond acceptors (Lipinski definition) is 3. The summed E-state index contributed by atoms with van der Waals surface area (Å²) in [5.41, 5.74) is -0.342. The summed E-state index contributed by atoms with van der Waals surface area (Å²) in [5.74, 6) is 0.169. The second kappa shape index (κ2) is 6.17. The molecule has 1 heterocycles. The van der Waals surface area contributed by atoms with Crippen LogP contribution in [0.1, 0.15) is 25.6 Å². The predicted octanol–water partition coefficient (Wildman–Crippen LogP) is 2.77. The summed E-state index contributed by atoms with van der Waals surface area (Å²) >= 11 is 1.68. The molecule has 0 saturated carbocycles. The quantitative estimate of drug-likeness (QED) is 0.809. The molecule has 0 atom stereocenters. The van der Waals surface area contributed by atoms with Crippen molar-refractivity contribution in [3.63, 3.8) is 0 Å². The summed E-state index contributed by atoms with van der Waals surface area (Å²) in [6.07, 6.45) is 0. The van der Waals surface area contributed by atoms with E-state index in [1.807, 2.05) is 37.1 Å². The Labute approximate surface area is 107 Å². The molecule has 0 spiro atoms. The zero-order valence-corrected chi connectivity index (χ0v) is 11.8. The molecule has 17 heavy (non-hydrogen) atoms. The molecule has 1 aromatic heterocycles. The van der Waals surface area contributed by atoms with Crippen molar-refractivity contribution in [3.05, 3.63) is 22.4 Å². The van der Waals surface area contributed by atoms with Gasteiger partial charge in [-0.15, -0.1) is 11.3 Å². The fraction of sp³-hybridized carbons (Fsp3) is 0.615. The number of carbonyl (C=O) groups excluding carboxylic acids is 1. The molecule has 1 aromatic rings. The smallest absolute Gasteiger partial charge is 0.228 e. The molecular formula is C13H21NO2S. The van der Waals surface area contributed by atoms with Crippen molar-refractivity contribution >= 4 is 17.2 Å². The molecule has 0 saturated heterocycles. The summed E-state index contributed by atoms with van der Waals surface area (Å²) in [6.45, 7) is 7.74. The Morgan fingerprint density at radius 1 is 1.47 bits per heavy atom. The molecule has 0 aromatic carbocycles. The van der Waals surface area contributed by atoms with Crippen molar-refractivity contribution in [3.8, 4) is 0 Å². The third-order valence-electron chi connectivity index (χ3n) is 2.42. The van der Waals surface area contributed by atoms with Gasteiger partial charge in [-0.3, -0.25) is 4.79 Å². The molecular weight excluding hydrogens is 234 g/mol. The fourth-order valence-electron chi connectivity index (χ4n) is 1.52. The number of methoxy groups -OCH3 is 1. The average Bonchev–Trinajstić information content (AvgIpc) is 2.74. The van der Waals surface area contributed by atoms with Crippen LogP contribution in [0.25, 0.3) is 0 Å². The molecule has 0 aliphatic heterocycles. The van der Waals surface area contributed by atoms with Crippen molar-refractivity contribution in [1.29, 1.82) is 0 Å². The normalized spacial score (nSPS) is 11.5. The lowest BCUT2D eigenvalue weighted by Crippen LogP contribution is -2.40. The third kappa shape index (κ3) is 4.48. The Morgan fingerprint density at radius 3 is 2.65 bits per heavy atom. The Hall–Kier alpha value is -0.870. The van der Waals surface area contributed by atoms with Gasteiger partial charge in [0.25, 0.3) is 0 Å². The lowest BCUT2D eigenvalue weighted by atomic mass is 9.94. The minimum absolute atomic E-state index is 0.169. The molecule has 0 aliphatic rings. The van der Waals surface area contributed by atoms with Gasteiger partial charge < -0.3 is 9.64 Å². The van der Waals surface area contributed by atoms with Crippen molar-refractivity contribution in [1.82, 2.24) is 4.90 Å². The van der Waals surface area contributed by atoms with E-state index in [2.05, 4.69) is 6.07 Å². The first-order valence-electron chi connectivity index (χ1n) is 5.76. The van der Waals surface area contributed by atoms with Gasteiger partial charge in [-0.25, -0.2) is 0 Å². The van der Waals surface area contributed by atoms with Crippen LogP contribution in [-0.2, 0) is 16.1 Å². The minimum atomic E-state index is -0.342. The number of carbonyl (C=O) groups is 1. The van der Waals surface area contributed by atoms with Gasteiger partial charge in [-0.2, -0.15) is 0 Å². The molecule has 1 amide bonds.